The first kappa shape index (κ1) is 43.4. The summed E-state index contributed by atoms with van der Waals surface area (Å²) in [6, 6.07) is 0.106. The van der Waals surface area contributed by atoms with E-state index in [0.29, 0.717) is 12.7 Å². The number of aromatic nitrogens is 2. The molecule has 49 heavy (non-hydrogen) atoms. The van der Waals surface area contributed by atoms with Crippen LogP contribution in [0.1, 0.15) is 85.3 Å². The van der Waals surface area contributed by atoms with Crippen molar-refractivity contribution in [3.63, 3.8) is 0 Å². The molecule has 2 N–H and O–H groups in total. The summed E-state index contributed by atoms with van der Waals surface area (Å²) in [7, 11) is -8.45. The number of nitrogens with zero attached hydrogens (tertiary/aromatic N) is 5. The van der Waals surface area contributed by atoms with Crippen LogP contribution in [0.5, 0.6) is 0 Å². The minimum absolute atomic E-state index is 0.0507. The summed E-state index contributed by atoms with van der Waals surface area (Å²) in [5.41, 5.74) is -0.554. The van der Waals surface area contributed by atoms with Crippen LogP contribution >= 0.6 is 10.2 Å². The Hall–Kier alpha value is -3.65. The van der Waals surface area contributed by atoms with Crippen LogP contribution in [0.15, 0.2) is 47.9 Å². The number of hydrogen-bond donors (Lipinski definition) is 2. The second-order valence-electron chi connectivity index (χ2n) is 12.7. The molecule has 0 radical (unpaired) electrons. The van der Waals surface area contributed by atoms with Crippen LogP contribution in [0.3, 0.4) is 0 Å². The van der Waals surface area contributed by atoms with E-state index in [1.807, 2.05) is 20.0 Å². The maximum Gasteiger partial charge on any atom is 0.310 e. The number of anilines is 1. The molecule has 1 aromatic heterocycles. The Balaban J connectivity index is 0.000000582. The lowest BCUT2D eigenvalue weighted by Crippen LogP contribution is -2.46. The number of carbonyl (C=O) groups excluding carboxylic acids is 2. The van der Waals surface area contributed by atoms with Crippen molar-refractivity contribution < 1.29 is 42.9 Å². The largest absolute Gasteiger partial charge is 0.388 e. The molecule has 2 heterocycles. The Morgan fingerprint density at radius 1 is 1.08 bits per heavy atom. The number of hydrogen-bond acceptors (Lipinski definition) is 8. The lowest BCUT2D eigenvalue weighted by Gasteiger charge is -2.40. The number of amides is 1. The van der Waals surface area contributed by atoms with Crippen LogP contribution in [0.2, 0.25) is 0 Å². The van der Waals surface area contributed by atoms with Gasteiger partial charge in [-0.3, -0.25) is 9.69 Å². The number of alkyl halides is 2. The third-order valence-electron chi connectivity index (χ3n) is 7.13. The average molecular weight is 729 g/mol. The van der Waals surface area contributed by atoms with Crippen LogP contribution in [-0.2, 0) is 9.59 Å². The third-order valence-corrected chi connectivity index (χ3v) is 8.29. The van der Waals surface area contributed by atoms with Crippen LogP contribution in [0.25, 0.3) is 0 Å². The molecule has 2 fully saturated rings. The fourth-order valence-electron chi connectivity index (χ4n) is 4.90. The van der Waals surface area contributed by atoms with Crippen LogP contribution in [0.4, 0.5) is 33.9 Å². The number of likely N-dealkylation sites (N-methyl/N-ethyl adjacent to an activating group) is 1. The van der Waals surface area contributed by atoms with E-state index >= 15 is 0 Å². The van der Waals surface area contributed by atoms with Gasteiger partial charge in [0.1, 0.15) is 23.6 Å². The Bertz CT molecular complexity index is 1380. The summed E-state index contributed by atoms with van der Waals surface area (Å²) in [5.74, 6) is -2.55. The molecule has 1 aliphatic heterocycles. The van der Waals surface area contributed by atoms with Crippen molar-refractivity contribution in [1.82, 2.24) is 20.2 Å². The van der Waals surface area contributed by atoms with Crippen molar-refractivity contribution in [1.29, 1.82) is 5.26 Å². The monoisotopic (exact) mass is 728 g/mol. The lowest BCUT2D eigenvalue weighted by molar-refractivity contribution is -0.124. The molecule has 2 aromatic rings. The first-order valence-electron chi connectivity index (χ1n) is 15.7. The van der Waals surface area contributed by atoms with Crippen LogP contribution in [-0.4, -0.2) is 69.4 Å². The number of aldehydes is 1. The van der Waals surface area contributed by atoms with E-state index in [0.717, 1.165) is 18.1 Å². The van der Waals surface area contributed by atoms with E-state index < -0.39 is 50.7 Å². The number of likely N-dealkylation sites (tertiary alicyclic amines) is 1. The van der Waals surface area contributed by atoms with E-state index in [4.69, 9.17) is 5.26 Å². The molecule has 0 bridgehead atoms. The number of nitriles is 1. The van der Waals surface area contributed by atoms with Gasteiger partial charge in [-0.2, -0.15) is 5.26 Å². The second kappa shape index (κ2) is 16.4. The highest BCUT2D eigenvalue weighted by atomic mass is 32.5. The first-order valence-corrected chi connectivity index (χ1v) is 17.7. The van der Waals surface area contributed by atoms with Crippen molar-refractivity contribution in [3.05, 3.63) is 48.5 Å². The zero-order valence-electron chi connectivity index (χ0n) is 28.7. The SMILES string of the molecule is CC.CC(C)C.CN(c1ccc(S(F)(F)(F)(F)F)cc1)C(C(=O)NC1CCC(F)(F)CC1)c1cncnc1.C[C@@]1(O)CC(C=O)N(C#N)C1. The zero-order chi connectivity index (χ0) is 37.9. The average Bonchev–Trinajstić information content (AvgIpc) is 3.32. The molecule has 17 heteroatoms. The molecule has 1 saturated carbocycles. The van der Waals surface area contributed by atoms with E-state index in [9.17, 15) is 42.9 Å². The molecular formula is C32H47F7N6O3S. The van der Waals surface area contributed by atoms with E-state index in [1.165, 1.54) is 35.6 Å². The minimum atomic E-state index is -9.84. The van der Waals surface area contributed by atoms with Gasteiger partial charge < -0.3 is 20.1 Å². The Morgan fingerprint density at radius 3 is 1.98 bits per heavy atom. The highest BCUT2D eigenvalue weighted by Crippen LogP contribution is 3.02. The maximum absolute atomic E-state index is 13.4. The first-order chi connectivity index (χ1) is 22.4. The summed E-state index contributed by atoms with van der Waals surface area (Å²) >= 11 is 0. The fraction of sp³-hybridized carbons (Fsp3) is 0.594. The maximum atomic E-state index is 13.4. The predicted molar refractivity (Wildman–Crippen MR) is 176 cm³/mol. The van der Waals surface area contributed by atoms with Crippen molar-refractivity contribution in [2.45, 2.75) is 108 Å². The smallest absolute Gasteiger partial charge is 0.310 e. The molecule has 0 spiro atoms. The normalized spacial score (nSPS) is 22.2. The van der Waals surface area contributed by atoms with Crippen LogP contribution in [0, 0.1) is 17.4 Å². The molecule has 1 aromatic carbocycles. The predicted octanol–water partition coefficient (Wildman–Crippen LogP) is 8.19. The van der Waals surface area contributed by atoms with Gasteiger partial charge in [0.05, 0.1) is 18.2 Å². The van der Waals surface area contributed by atoms with Crippen molar-refractivity contribution in [2.75, 3.05) is 18.5 Å². The molecule has 1 saturated heterocycles. The lowest BCUT2D eigenvalue weighted by atomic mass is 9.92. The van der Waals surface area contributed by atoms with Gasteiger partial charge in [-0.1, -0.05) is 54.0 Å². The van der Waals surface area contributed by atoms with Crippen molar-refractivity contribution in [3.8, 4) is 6.19 Å². The zero-order valence-corrected chi connectivity index (χ0v) is 29.5. The van der Waals surface area contributed by atoms with Crippen molar-refractivity contribution in [2.24, 2.45) is 5.92 Å². The number of carbonyl (C=O) groups is 2. The topological polar surface area (TPSA) is 122 Å². The van der Waals surface area contributed by atoms with Crippen molar-refractivity contribution >= 4 is 28.1 Å². The summed E-state index contributed by atoms with van der Waals surface area (Å²) in [5, 5.41) is 20.6. The number of β-amino-alcohol motifs (C(OH)–C–C–N with tert-alkyl or cyclic N) is 1. The Morgan fingerprint density at radius 2 is 1.57 bits per heavy atom. The molecular weight excluding hydrogens is 681 g/mol. The summed E-state index contributed by atoms with van der Waals surface area (Å²) in [6.45, 7) is 12.4. The molecule has 278 valence electrons. The third kappa shape index (κ3) is 14.4. The fourth-order valence-corrected chi connectivity index (χ4v) is 5.55. The number of aliphatic hydroxyl groups is 1. The van der Waals surface area contributed by atoms with Gasteiger partial charge in [0.2, 0.25) is 11.8 Å². The molecule has 1 aliphatic carbocycles. The van der Waals surface area contributed by atoms with Gasteiger partial charge in [0.15, 0.2) is 6.19 Å². The van der Waals surface area contributed by atoms with E-state index in [2.05, 4.69) is 36.1 Å². The van der Waals surface area contributed by atoms with Gasteiger partial charge in [-0.25, -0.2) is 18.7 Å². The van der Waals surface area contributed by atoms with Gasteiger partial charge in [-0.05, 0) is 49.9 Å². The Labute approximate surface area is 283 Å². The Kier molecular flexibility index (Phi) is 14.5. The second-order valence-corrected chi connectivity index (χ2v) is 15.1. The number of rotatable bonds is 7. The highest BCUT2D eigenvalue weighted by molar-refractivity contribution is 8.45. The molecule has 1 amide bonds. The van der Waals surface area contributed by atoms with Gasteiger partial charge >= 0.3 is 10.2 Å². The molecule has 2 unspecified atom stereocenters. The number of halogens is 7. The molecule has 4 rings (SSSR count). The summed E-state index contributed by atoms with van der Waals surface area (Å²) in [4.78, 5) is 31.6. The van der Waals surface area contributed by atoms with E-state index in [-0.39, 0.29) is 55.6 Å². The van der Waals surface area contributed by atoms with Crippen LogP contribution < -0.4 is 10.2 Å². The summed E-state index contributed by atoms with van der Waals surface area (Å²) in [6.07, 6.45) is 6.17. The van der Waals surface area contributed by atoms with Gasteiger partial charge in [0, 0.05) is 56.0 Å². The number of benzene rings is 1. The van der Waals surface area contributed by atoms with Gasteiger partial charge in [-0.15, -0.1) is 0 Å². The number of nitrogens with one attached hydrogen (secondary N) is 1. The molecule has 9 nitrogen and oxygen atoms in total. The standard InChI is InChI=1S/C19H21F7N4OS.C7H10N2O2.C4H10.C2H6/c1-30(15-2-4-16(5-3-15)32(22,23,24,25)26)17(13-10-27-12-28-11-13)18(31)29-14-6-8-19(20,21)9-7-14;1-7(11)2-6(3-10)9(4-7)5-8;1-4(2)3;1-2/h2-5,10-12,14,17H,6-9H2,1H3,(H,29,31);3,6,11H,2,4H2,1H3;4H,1-3H3;1-2H3/t;6?,7-;;/m.1../s1. The molecule has 2 aliphatic rings. The highest BCUT2D eigenvalue weighted by Gasteiger charge is 2.65. The quantitative estimate of drug-likeness (QED) is 0.166. The van der Waals surface area contributed by atoms with Gasteiger partial charge in [0.25, 0.3) is 0 Å². The minimum Gasteiger partial charge on any atom is -0.388 e. The molecule has 3 atom stereocenters. The summed E-state index contributed by atoms with van der Waals surface area (Å²) < 4.78 is 91.8. The van der Waals surface area contributed by atoms with E-state index in [1.54, 1.807) is 6.92 Å².